The molecule has 0 spiro atoms. The van der Waals surface area contributed by atoms with Gasteiger partial charge < -0.3 is 10.1 Å². The fraction of sp³-hybridized carbons (Fsp3) is 0.308. The molecule has 1 N–H and O–H groups in total. The number of carbonyl (C=O) groups excluding carboxylic acids is 1. The van der Waals surface area contributed by atoms with Crippen molar-refractivity contribution in [1.82, 2.24) is 0 Å². The van der Waals surface area contributed by atoms with E-state index in [1.165, 1.54) is 0 Å². The molecule has 0 saturated carbocycles. The second-order valence-corrected chi connectivity index (χ2v) is 5.49. The van der Waals surface area contributed by atoms with E-state index in [2.05, 4.69) is 43.8 Å². The standard InChI is InChI=1S/C13H15Br2NO2/c1-4-18-13(17)9(3)7-16-12-10(14)5-8(2)6-11(12)15/h5-6,16H,3-4,7H2,1-2H3. The Kier molecular flexibility index (Phi) is 5.88. The van der Waals surface area contributed by atoms with Gasteiger partial charge in [-0.2, -0.15) is 0 Å². The first-order chi connectivity index (χ1) is 8.45. The average Bonchev–Trinajstić information content (AvgIpc) is 2.27. The molecule has 0 unspecified atom stereocenters. The van der Waals surface area contributed by atoms with E-state index in [1.807, 2.05) is 19.1 Å². The van der Waals surface area contributed by atoms with Crippen molar-refractivity contribution in [2.75, 3.05) is 18.5 Å². The largest absolute Gasteiger partial charge is 0.463 e. The molecule has 98 valence electrons. The Balaban J connectivity index is 2.70. The Morgan fingerprint density at radius 1 is 1.39 bits per heavy atom. The minimum Gasteiger partial charge on any atom is -0.463 e. The molecule has 1 aromatic rings. The highest BCUT2D eigenvalue weighted by molar-refractivity contribution is 9.11. The smallest absolute Gasteiger partial charge is 0.335 e. The molecular formula is C13H15Br2NO2. The van der Waals surface area contributed by atoms with E-state index in [9.17, 15) is 4.79 Å². The van der Waals surface area contributed by atoms with E-state index in [0.717, 1.165) is 20.2 Å². The van der Waals surface area contributed by atoms with E-state index in [1.54, 1.807) is 6.92 Å². The topological polar surface area (TPSA) is 38.3 Å². The van der Waals surface area contributed by atoms with Gasteiger partial charge in [0, 0.05) is 21.1 Å². The number of anilines is 1. The van der Waals surface area contributed by atoms with Gasteiger partial charge in [0.2, 0.25) is 0 Å². The predicted octanol–water partition coefficient (Wildman–Crippen LogP) is 4.05. The molecule has 0 saturated heterocycles. The van der Waals surface area contributed by atoms with E-state index in [4.69, 9.17) is 4.74 Å². The third-order valence-electron chi connectivity index (χ3n) is 2.23. The lowest BCUT2D eigenvalue weighted by Gasteiger charge is -2.12. The lowest BCUT2D eigenvalue weighted by atomic mass is 10.2. The summed E-state index contributed by atoms with van der Waals surface area (Å²) in [6, 6.07) is 4.00. The Morgan fingerprint density at radius 3 is 2.44 bits per heavy atom. The van der Waals surface area contributed by atoms with Crippen LogP contribution in [0.4, 0.5) is 5.69 Å². The van der Waals surface area contributed by atoms with Gasteiger partial charge in [0.05, 0.1) is 12.3 Å². The number of carbonyl (C=O) groups is 1. The molecule has 0 atom stereocenters. The van der Waals surface area contributed by atoms with Gasteiger partial charge in [-0.3, -0.25) is 0 Å². The van der Waals surface area contributed by atoms with Crippen LogP contribution in [0.1, 0.15) is 12.5 Å². The second-order valence-electron chi connectivity index (χ2n) is 3.78. The molecule has 18 heavy (non-hydrogen) atoms. The number of ether oxygens (including phenoxy) is 1. The van der Waals surface area contributed by atoms with Crippen molar-refractivity contribution in [3.8, 4) is 0 Å². The molecule has 5 heteroatoms. The highest BCUT2D eigenvalue weighted by atomic mass is 79.9. The summed E-state index contributed by atoms with van der Waals surface area (Å²) in [5.41, 5.74) is 2.44. The van der Waals surface area contributed by atoms with Crippen LogP contribution in [0, 0.1) is 6.92 Å². The van der Waals surface area contributed by atoms with Crippen LogP contribution in [0.25, 0.3) is 0 Å². The van der Waals surface area contributed by atoms with Crippen LogP contribution in [0.2, 0.25) is 0 Å². The summed E-state index contributed by atoms with van der Waals surface area (Å²) in [5, 5.41) is 3.15. The molecule has 0 aromatic heterocycles. The van der Waals surface area contributed by atoms with E-state index >= 15 is 0 Å². The maximum absolute atomic E-state index is 11.4. The predicted molar refractivity (Wildman–Crippen MR) is 80.8 cm³/mol. The zero-order valence-electron chi connectivity index (χ0n) is 10.3. The summed E-state index contributed by atoms with van der Waals surface area (Å²) in [4.78, 5) is 11.4. The molecule has 1 rings (SSSR count). The summed E-state index contributed by atoms with van der Waals surface area (Å²) < 4.78 is 6.74. The highest BCUT2D eigenvalue weighted by Gasteiger charge is 2.10. The zero-order valence-corrected chi connectivity index (χ0v) is 13.5. The number of esters is 1. The number of halogens is 2. The monoisotopic (exact) mass is 375 g/mol. The molecule has 0 heterocycles. The van der Waals surface area contributed by atoms with Gasteiger partial charge in [-0.05, 0) is 63.4 Å². The number of benzene rings is 1. The quantitative estimate of drug-likeness (QED) is 0.622. The van der Waals surface area contributed by atoms with Crippen LogP contribution in [-0.2, 0) is 9.53 Å². The third-order valence-corrected chi connectivity index (χ3v) is 3.48. The normalized spacial score (nSPS) is 10.0. The fourth-order valence-corrected chi connectivity index (χ4v) is 3.06. The Morgan fingerprint density at radius 2 is 1.94 bits per heavy atom. The van der Waals surface area contributed by atoms with Gasteiger partial charge in [0.15, 0.2) is 0 Å². The number of aryl methyl sites for hydroxylation is 1. The van der Waals surface area contributed by atoms with Crippen molar-refractivity contribution >= 4 is 43.5 Å². The van der Waals surface area contributed by atoms with Gasteiger partial charge in [-0.15, -0.1) is 0 Å². The van der Waals surface area contributed by atoms with Crippen LogP contribution in [0.15, 0.2) is 33.2 Å². The Bertz CT molecular complexity index is 449. The summed E-state index contributed by atoms with van der Waals surface area (Å²) in [5.74, 6) is -0.371. The molecule has 0 bridgehead atoms. The first-order valence-electron chi connectivity index (χ1n) is 5.50. The summed E-state index contributed by atoms with van der Waals surface area (Å²) >= 11 is 6.95. The molecule has 0 fully saturated rings. The van der Waals surface area contributed by atoms with Crippen LogP contribution >= 0.6 is 31.9 Å². The lowest BCUT2D eigenvalue weighted by molar-refractivity contribution is -0.138. The minimum absolute atomic E-state index is 0.346. The first kappa shape index (κ1) is 15.2. The summed E-state index contributed by atoms with van der Waals surface area (Å²) in [6.45, 7) is 8.18. The van der Waals surface area contributed by atoms with Crippen molar-refractivity contribution in [2.24, 2.45) is 0 Å². The average molecular weight is 377 g/mol. The summed E-state index contributed by atoms with van der Waals surface area (Å²) in [6.07, 6.45) is 0. The Hall–Kier alpha value is -0.810. The van der Waals surface area contributed by atoms with Crippen molar-refractivity contribution in [2.45, 2.75) is 13.8 Å². The van der Waals surface area contributed by atoms with E-state index in [-0.39, 0.29) is 5.97 Å². The van der Waals surface area contributed by atoms with E-state index < -0.39 is 0 Å². The maximum Gasteiger partial charge on any atom is 0.335 e. The number of nitrogens with one attached hydrogen (secondary N) is 1. The molecule has 3 nitrogen and oxygen atoms in total. The van der Waals surface area contributed by atoms with Gasteiger partial charge >= 0.3 is 5.97 Å². The molecule has 0 radical (unpaired) electrons. The maximum atomic E-state index is 11.4. The van der Waals surface area contributed by atoms with Gasteiger partial charge in [0.1, 0.15) is 0 Å². The van der Waals surface area contributed by atoms with Crippen molar-refractivity contribution in [3.63, 3.8) is 0 Å². The zero-order chi connectivity index (χ0) is 13.7. The SMILES string of the molecule is C=C(CNc1c(Br)cc(C)cc1Br)C(=O)OCC. The molecule has 0 aliphatic carbocycles. The lowest BCUT2D eigenvalue weighted by Crippen LogP contribution is -2.15. The molecule has 0 amide bonds. The van der Waals surface area contributed by atoms with Gasteiger partial charge in [0.25, 0.3) is 0 Å². The first-order valence-corrected chi connectivity index (χ1v) is 7.08. The molecule has 0 aliphatic rings. The Labute approximate surface area is 124 Å². The van der Waals surface area contributed by atoms with Crippen molar-refractivity contribution in [1.29, 1.82) is 0 Å². The number of hydrogen-bond donors (Lipinski definition) is 1. The van der Waals surface area contributed by atoms with Crippen LogP contribution in [-0.4, -0.2) is 19.1 Å². The van der Waals surface area contributed by atoms with E-state index in [0.29, 0.717) is 18.7 Å². The van der Waals surface area contributed by atoms with Crippen LogP contribution in [0.3, 0.4) is 0 Å². The highest BCUT2D eigenvalue weighted by Crippen LogP contribution is 2.32. The fourth-order valence-electron chi connectivity index (χ4n) is 1.37. The molecular weight excluding hydrogens is 362 g/mol. The van der Waals surface area contributed by atoms with Gasteiger partial charge in [-0.1, -0.05) is 6.58 Å². The third kappa shape index (κ3) is 4.14. The van der Waals surface area contributed by atoms with Crippen LogP contribution in [0.5, 0.6) is 0 Å². The minimum atomic E-state index is -0.371. The van der Waals surface area contributed by atoms with Gasteiger partial charge in [-0.25, -0.2) is 4.79 Å². The second kappa shape index (κ2) is 6.95. The summed E-state index contributed by atoms with van der Waals surface area (Å²) in [7, 11) is 0. The van der Waals surface area contributed by atoms with Crippen molar-refractivity contribution < 1.29 is 9.53 Å². The van der Waals surface area contributed by atoms with Crippen LogP contribution < -0.4 is 5.32 Å². The van der Waals surface area contributed by atoms with Crippen molar-refractivity contribution in [3.05, 3.63) is 38.8 Å². The number of hydrogen-bond acceptors (Lipinski definition) is 3. The molecule has 1 aromatic carbocycles. The molecule has 0 aliphatic heterocycles. The number of rotatable bonds is 5.